The number of nitrogens with zero attached hydrogens (tertiary/aromatic N) is 2. The molecule has 1 aromatic carbocycles. The molecule has 19 heavy (non-hydrogen) atoms. The molecule has 0 bridgehead atoms. The molecule has 0 aliphatic rings. The third kappa shape index (κ3) is 3.23. The zero-order chi connectivity index (χ0) is 13.9. The predicted molar refractivity (Wildman–Crippen MR) is 76.1 cm³/mol. The van der Waals surface area contributed by atoms with E-state index in [1.807, 2.05) is 0 Å². The first kappa shape index (κ1) is 13.4. The molecule has 2 aromatic rings. The van der Waals surface area contributed by atoms with Crippen LogP contribution in [0.25, 0.3) is 0 Å². The highest BCUT2D eigenvalue weighted by molar-refractivity contribution is 7.92. The Hall–Kier alpha value is -2.08. The van der Waals surface area contributed by atoms with Gasteiger partial charge in [-0.1, -0.05) is 12.1 Å². The maximum atomic E-state index is 12.3. The first-order valence-electron chi connectivity index (χ1n) is 5.70. The molecule has 0 amide bonds. The second-order valence-corrected chi connectivity index (χ2v) is 6.18. The summed E-state index contributed by atoms with van der Waals surface area (Å²) in [5.74, 6) is -0.0938. The fourth-order valence-electron chi connectivity index (χ4n) is 1.69. The van der Waals surface area contributed by atoms with Crippen LogP contribution in [0.4, 0.5) is 11.4 Å². The van der Waals surface area contributed by atoms with Crippen LogP contribution >= 0.6 is 0 Å². The number of rotatable bonds is 4. The smallest absolute Gasteiger partial charge is 0.239 e. The van der Waals surface area contributed by atoms with Crippen molar-refractivity contribution >= 4 is 21.4 Å². The molecule has 2 rings (SSSR count). The van der Waals surface area contributed by atoms with Crippen LogP contribution in [0.5, 0.6) is 0 Å². The summed E-state index contributed by atoms with van der Waals surface area (Å²) >= 11 is 0. The molecular weight excluding hydrogens is 262 g/mol. The van der Waals surface area contributed by atoms with Gasteiger partial charge in [-0.15, -0.1) is 0 Å². The van der Waals surface area contributed by atoms with Gasteiger partial charge in [0.25, 0.3) is 0 Å². The van der Waals surface area contributed by atoms with Gasteiger partial charge in [0, 0.05) is 18.9 Å². The van der Waals surface area contributed by atoms with Crippen LogP contribution in [-0.2, 0) is 15.8 Å². The lowest BCUT2D eigenvalue weighted by Crippen LogP contribution is -2.27. The summed E-state index contributed by atoms with van der Waals surface area (Å²) in [4.78, 5) is 3.91. The summed E-state index contributed by atoms with van der Waals surface area (Å²) in [6.07, 6.45) is 3.11. The molecule has 0 aliphatic carbocycles. The summed E-state index contributed by atoms with van der Waals surface area (Å²) in [6, 6.07) is 10.3. The van der Waals surface area contributed by atoms with Gasteiger partial charge in [0.15, 0.2) is 0 Å². The molecule has 0 radical (unpaired) electrons. The summed E-state index contributed by atoms with van der Waals surface area (Å²) in [5, 5.41) is 0. The minimum absolute atomic E-state index is 0.0938. The Labute approximate surface area is 112 Å². The third-order valence-electron chi connectivity index (χ3n) is 2.73. The largest absolute Gasteiger partial charge is 0.399 e. The molecule has 2 N–H and O–H groups in total. The molecule has 0 aliphatic heterocycles. The summed E-state index contributed by atoms with van der Waals surface area (Å²) in [7, 11) is -1.93. The van der Waals surface area contributed by atoms with Crippen molar-refractivity contribution in [3.8, 4) is 0 Å². The molecule has 0 atom stereocenters. The molecule has 6 heteroatoms. The lowest BCUT2D eigenvalue weighted by molar-refractivity contribution is 0.593. The van der Waals surface area contributed by atoms with Crippen LogP contribution in [0.1, 0.15) is 5.56 Å². The van der Waals surface area contributed by atoms with E-state index in [2.05, 4.69) is 4.98 Å². The molecule has 1 heterocycles. The predicted octanol–water partition coefficient (Wildman–Crippen LogP) is 1.63. The fraction of sp³-hybridized carbons (Fsp3) is 0.154. The number of nitrogens with two attached hydrogens (primary N) is 1. The van der Waals surface area contributed by atoms with Crippen molar-refractivity contribution in [1.29, 1.82) is 0 Å². The third-order valence-corrected chi connectivity index (χ3v) is 4.47. The molecule has 0 unspecified atom stereocenters. The van der Waals surface area contributed by atoms with E-state index >= 15 is 0 Å². The number of sulfonamides is 1. The van der Waals surface area contributed by atoms with E-state index in [1.54, 1.807) is 42.6 Å². The van der Waals surface area contributed by atoms with Gasteiger partial charge in [-0.25, -0.2) is 8.42 Å². The van der Waals surface area contributed by atoms with Crippen molar-refractivity contribution in [2.75, 3.05) is 17.1 Å². The lowest BCUT2D eigenvalue weighted by Gasteiger charge is -2.19. The van der Waals surface area contributed by atoms with Gasteiger partial charge in [0.05, 0.1) is 17.6 Å². The Bertz CT molecular complexity index is 657. The molecular formula is C13H15N3O2S. The molecule has 100 valence electrons. The number of anilines is 2. The second-order valence-electron chi connectivity index (χ2n) is 4.18. The van der Waals surface area contributed by atoms with Gasteiger partial charge in [-0.05, 0) is 29.8 Å². The maximum Gasteiger partial charge on any atom is 0.239 e. The van der Waals surface area contributed by atoms with E-state index < -0.39 is 10.0 Å². The van der Waals surface area contributed by atoms with Crippen molar-refractivity contribution in [3.63, 3.8) is 0 Å². The normalized spacial score (nSPS) is 11.2. The molecule has 0 spiro atoms. The zero-order valence-electron chi connectivity index (χ0n) is 10.5. The van der Waals surface area contributed by atoms with Crippen LogP contribution in [0.2, 0.25) is 0 Å². The van der Waals surface area contributed by atoms with Crippen molar-refractivity contribution in [2.24, 2.45) is 0 Å². The highest BCUT2D eigenvalue weighted by Gasteiger charge is 2.19. The van der Waals surface area contributed by atoms with E-state index in [4.69, 9.17) is 5.73 Å². The van der Waals surface area contributed by atoms with Crippen molar-refractivity contribution < 1.29 is 8.42 Å². The van der Waals surface area contributed by atoms with Crippen LogP contribution in [0.3, 0.4) is 0 Å². The highest BCUT2D eigenvalue weighted by Crippen LogP contribution is 2.18. The zero-order valence-corrected chi connectivity index (χ0v) is 11.3. The van der Waals surface area contributed by atoms with E-state index in [9.17, 15) is 8.42 Å². The quantitative estimate of drug-likeness (QED) is 0.862. The summed E-state index contributed by atoms with van der Waals surface area (Å²) in [5.41, 5.74) is 7.40. The minimum atomic E-state index is -3.45. The van der Waals surface area contributed by atoms with Gasteiger partial charge in [0.1, 0.15) is 0 Å². The number of hydrogen-bond donors (Lipinski definition) is 1. The number of nitrogen functional groups attached to an aromatic ring is 1. The van der Waals surface area contributed by atoms with Crippen LogP contribution in [-0.4, -0.2) is 20.4 Å². The van der Waals surface area contributed by atoms with Crippen molar-refractivity contribution in [1.82, 2.24) is 4.98 Å². The number of hydrogen-bond acceptors (Lipinski definition) is 4. The lowest BCUT2D eigenvalue weighted by atomic mass is 10.2. The van der Waals surface area contributed by atoms with E-state index in [0.29, 0.717) is 16.9 Å². The van der Waals surface area contributed by atoms with Crippen LogP contribution in [0, 0.1) is 0 Å². The van der Waals surface area contributed by atoms with Gasteiger partial charge >= 0.3 is 0 Å². The number of aromatic nitrogens is 1. The first-order valence-corrected chi connectivity index (χ1v) is 7.31. The summed E-state index contributed by atoms with van der Waals surface area (Å²) in [6.45, 7) is 0. The van der Waals surface area contributed by atoms with Gasteiger partial charge in [-0.3, -0.25) is 9.29 Å². The SMILES string of the molecule is CN(c1cccnc1)S(=O)(=O)Cc1cccc(N)c1. The fourth-order valence-corrected chi connectivity index (χ4v) is 2.91. The molecule has 1 aromatic heterocycles. The molecule has 0 fully saturated rings. The van der Waals surface area contributed by atoms with Crippen LogP contribution < -0.4 is 10.0 Å². The monoisotopic (exact) mass is 277 g/mol. The van der Waals surface area contributed by atoms with E-state index in [1.165, 1.54) is 17.5 Å². The molecule has 0 saturated heterocycles. The minimum Gasteiger partial charge on any atom is -0.399 e. The maximum absolute atomic E-state index is 12.3. The molecule has 5 nitrogen and oxygen atoms in total. The first-order chi connectivity index (χ1) is 8.99. The highest BCUT2D eigenvalue weighted by atomic mass is 32.2. The molecule has 0 saturated carbocycles. The van der Waals surface area contributed by atoms with Gasteiger partial charge < -0.3 is 5.73 Å². The van der Waals surface area contributed by atoms with Gasteiger partial charge in [-0.2, -0.15) is 0 Å². The number of benzene rings is 1. The second kappa shape index (κ2) is 5.27. The Morgan fingerprint density at radius 3 is 2.68 bits per heavy atom. The van der Waals surface area contributed by atoms with Crippen molar-refractivity contribution in [2.45, 2.75) is 5.75 Å². The van der Waals surface area contributed by atoms with E-state index in [-0.39, 0.29) is 5.75 Å². The summed E-state index contributed by atoms with van der Waals surface area (Å²) < 4.78 is 25.8. The van der Waals surface area contributed by atoms with Gasteiger partial charge in [0.2, 0.25) is 10.0 Å². The topological polar surface area (TPSA) is 76.3 Å². The Balaban J connectivity index is 2.24. The van der Waals surface area contributed by atoms with E-state index in [0.717, 1.165) is 0 Å². The van der Waals surface area contributed by atoms with Crippen molar-refractivity contribution in [3.05, 3.63) is 54.4 Å². The van der Waals surface area contributed by atoms with Crippen LogP contribution in [0.15, 0.2) is 48.8 Å². The average Bonchev–Trinajstić information content (AvgIpc) is 2.38. The Kier molecular flexibility index (Phi) is 3.71. The Morgan fingerprint density at radius 2 is 2.05 bits per heavy atom. The number of pyridine rings is 1. The average molecular weight is 277 g/mol. The Morgan fingerprint density at radius 1 is 1.26 bits per heavy atom. The standard InChI is InChI=1S/C13H15N3O2S/c1-16(13-6-3-7-15-9-13)19(17,18)10-11-4-2-5-12(14)8-11/h2-9H,10,14H2,1H3.